The number of aromatic amines is 1. The van der Waals surface area contributed by atoms with E-state index < -0.39 is 12.0 Å². The van der Waals surface area contributed by atoms with Gasteiger partial charge in [-0.3, -0.25) is 10.1 Å². The molecule has 3 N–H and O–H groups in total. The molecule has 1 atom stereocenters. The van der Waals surface area contributed by atoms with Crippen LogP contribution < -0.4 is 5.32 Å². The maximum Gasteiger partial charge on any atom is 0.320 e. The second-order valence-electron chi connectivity index (χ2n) is 3.48. The molecule has 0 spiro atoms. The molecular formula is C9H15N3O2. The quantitative estimate of drug-likeness (QED) is 0.646. The summed E-state index contributed by atoms with van der Waals surface area (Å²) in [7, 11) is 0. The van der Waals surface area contributed by atoms with Crippen LogP contribution in [0.3, 0.4) is 0 Å². The van der Waals surface area contributed by atoms with Crippen LogP contribution in [0.25, 0.3) is 0 Å². The van der Waals surface area contributed by atoms with Gasteiger partial charge in [0.2, 0.25) is 0 Å². The summed E-state index contributed by atoms with van der Waals surface area (Å²) >= 11 is 0. The van der Waals surface area contributed by atoms with E-state index in [-0.39, 0.29) is 5.92 Å². The first-order valence-electron chi connectivity index (χ1n) is 4.55. The van der Waals surface area contributed by atoms with Crippen LogP contribution in [0.1, 0.15) is 19.7 Å². The highest BCUT2D eigenvalue weighted by Crippen LogP contribution is 2.02. The Bertz CT molecular complexity index is 282. The highest BCUT2D eigenvalue weighted by molar-refractivity contribution is 5.73. The van der Waals surface area contributed by atoms with Gasteiger partial charge in [-0.2, -0.15) is 0 Å². The van der Waals surface area contributed by atoms with Gasteiger partial charge in [0.05, 0.1) is 6.54 Å². The van der Waals surface area contributed by atoms with Crippen molar-refractivity contribution in [1.82, 2.24) is 15.3 Å². The lowest BCUT2D eigenvalue weighted by Crippen LogP contribution is -2.40. The van der Waals surface area contributed by atoms with Crippen molar-refractivity contribution in [2.75, 3.05) is 0 Å². The van der Waals surface area contributed by atoms with Crippen LogP contribution in [-0.4, -0.2) is 27.1 Å². The molecule has 0 amide bonds. The van der Waals surface area contributed by atoms with Gasteiger partial charge in [0, 0.05) is 12.4 Å². The minimum atomic E-state index is -0.827. The molecule has 1 aromatic heterocycles. The van der Waals surface area contributed by atoms with E-state index in [0.717, 1.165) is 5.82 Å². The largest absolute Gasteiger partial charge is 0.480 e. The van der Waals surface area contributed by atoms with E-state index in [9.17, 15) is 4.79 Å². The summed E-state index contributed by atoms with van der Waals surface area (Å²) in [5.74, 6) is -0.0223. The van der Waals surface area contributed by atoms with Crippen LogP contribution in [0, 0.1) is 5.92 Å². The molecule has 1 heterocycles. The SMILES string of the molecule is CC(C)C(NCc1ncc[nH]1)C(=O)O. The lowest BCUT2D eigenvalue weighted by molar-refractivity contribution is -0.140. The zero-order valence-electron chi connectivity index (χ0n) is 8.32. The summed E-state index contributed by atoms with van der Waals surface area (Å²) in [5, 5.41) is 11.8. The number of nitrogens with one attached hydrogen (secondary N) is 2. The van der Waals surface area contributed by atoms with Gasteiger partial charge in [-0.25, -0.2) is 4.98 Å². The second-order valence-corrected chi connectivity index (χ2v) is 3.48. The summed E-state index contributed by atoms with van der Waals surface area (Å²) in [6.45, 7) is 4.18. The molecular weight excluding hydrogens is 182 g/mol. The summed E-state index contributed by atoms with van der Waals surface area (Å²) in [4.78, 5) is 17.7. The number of imidazole rings is 1. The van der Waals surface area contributed by atoms with Crippen molar-refractivity contribution in [2.45, 2.75) is 26.4 Å². The van der Waals surface area contributed by atoms with E-state index >= 15 is 0 Å². The van der Waals surface area contributed by atoms with Crippen molar-refractivity contribution in [3.63, 3.8) is 0 Å². The van der Waals surface area contributed by atoms with Crippen molar-refractivity contribution in [2.24, 2.45) is 5.92 Å². The van der Waals surface area contributed by atoms with Crippen molar-refractivity contribution < 1.29 is 9.90 Å². The maximum absolute atomic E-state index is 10.8. The molecule has 0 aliphatic heterocycles. The summed E-state index contributed by atoms with van der Waals surface area (Å²) < 4.78 is 0. The molecule has 0 aliphatic rings. The van der Waals surface area contributed by atoms with Gasteiger partial charge in [-0.15, -0.1) is 0 Å². The molecule has 1 unspecified atom stereocenters. The van der Waals surface area contributed by atoms with Crippen molar-refractivity contribution in [3.05, 3.63) is 18.2 Å². The summed E-state index contributed by atoms with van der Waals surface area (Å²) in [5.41, 5.74) is 0. The average molecular weight is 197 g/mol. The Labute approximate surface area is 82.6 Å². The number of aliphatic carboxylic acids is 1. The van der Waals surface area contributed by atoms with Gasteiger partial charge in [0.25, 0.3) is 0 Å². The number of carboxylic acids is 1. The van der Waals surface area contributed by atoms with Gasteiger partial charge in [0.1, 0.15) is 11.9 Å². The number of hydrogen-bond donors (Lipinski definition) is 3. The maximum atomic E-state index is 10.8. The van der Waals surface area contributed by atoms with Gasteiger partial charge in [-0.05, 0) is 5.92 Å². The van der Waals surface area contributed by atoms with E-state index in [4.69, 9.17) is 5.11 Å². The zero-order chi connectivity index (χ0) is 10.6. The number of nitrogens with zero attached hydrogens (tertiary/aromatic N) is 1. The van der Waals surface area contributed by atoms with Crippen molar-refractivity contribution in [3.8, 4) is 0 Å². The van der Waals surface area contributed by atoms with Gasteiger partial charge in [0.15, 0.2) is 0 Å². The minimum Gasteiger partial charge on any atom is -0.480 e. The fourth-order valence-electron chi connectivity index (χ4n) is 1.21. The highest BCUT2D eigenvalue weighted by atomic mass is 16.4. The molecule has 0 aromatic carbocycles. The molecule has 0 radical (unpaired) electrons. The first-order valence-corrected chi connectivity index (χ1v) is 4.55. The molecule has 5 heteroatoms. The van der Waals surface area contributed by atoms with Crippen LogP contribution in [0.5, 0.6) is 0 Å². The van der Waals surface area contributed by atoms with Gasteiger partial charge < -0.3 is 10.1 Å². The zero-order valence-corrected chi connectivity index (χ0v) is 8.32. The Morgan fingerprint density at radius 1 is 1.71 bits per heavy atom. The standard InChI is InChI=1S/C9H15N3O2/c1-6(2)8(9(13)14)12-5-7-10-3-4-11-7/h3-4,6,8,12H,5H2,1-2H3,(H,10,11)(H,13,14). The topological polar surface area (TPSA) is 78.0 Å². The fraction of sp³-hybridized carbons (Fsp3) is 0.556. The predicted octanol–water partition coefficient (Wildman–Crippen LogP) is 0.608. The van der Waals surface area contributed by atoms with E-state index in [0.29, 0.717) is 6.54 Å². The van der Waals surface area contributed by atoms with E-state index in [1.807, 2.05) is 13.8 Å². The predicted molar refractivity (Wildman–Crippen MR) is 51.7 cm³/mol. The second kappa shape index (κ2) is 4.76. The lowest BCUT2D eigenvalue weighted by atomic mass is 10.1. The van der Waals surface area contributed by atoms with Crippen LogP contribution >= 0.6 is 0 Å². The fourth-order valence-corrected chi connectivity index (χ4v) is 1.21. The molecule has 0 bridgehead atoms. The number of carboxylic acid groups (broad SMARTS) is 1. The van der Waals surface area contributed by atoms with Gasteiger partial charge >= 0.3 is 5.97 Å². The molecule has 5 nitrogen and oxygen atoms in total. The summed E-state index contributed by atoms with van der Waals surface area (Å²) in [6.07, 6.45) is 3.35. The Balaban J connectivity index is 2.45. The van der Waals surface area contributed by atoms with Crippen LogP contribution in [0.4, 0.5) is 0 Å². The molecule has 1 aromatic rings. The van der Waals surface area contributed by atoms with E-state index in [2.05, 4.69) is 15.3 Å². The van der Waals surface area contributed by atoms with Crippen molar-refractivity contribution in [1.29, 1.82) is 0 Å². The number of carbonyl (C=O) groups is 1. The molecule has 0 saturated heterocycles. The average Bonchev–Trinajstić information content (AvgIpc) is 2.55. The van der Waals surface area contributed by atoms with Crippen LogP contribution in [-0.2, 0) is 11.3 Å². The Kier molecular flexibility index (Phi) is 3.64. The Morgan fingerprint density at radius 2 is 2.43 bits per heavy atom. The smallest absolute Gasteiger partial charge is 0.320 e. The number of hydrogen-bond acceptors (Lipinski definition) is 3. The molecule has 0 fully saturated rings. The van der Waals surface area contributed by atoms with E-state index in [1.54, 1.807) is 12.4 Å². The number of rotatable bonds is 5. The normalized spacial score (nSPS) is 13.1. The number of H-pyrrole nitrogens is 1. The Morgan fingerprint density at radius 3 is 2.86 bits per heavy atom. The van der Waals surface area contributed by atoms with E-state index in [1.165, 1.54) is 0 Å². The molecule has 1 rings (SSSR count). The first kappa shape index (κ1) is 10.7. The van der Waals surface area contributed by atoms with Gasteiger partial charge in [-0.1, -0.05) is 13.8 Å². The van der Waals surface area contributed by atoms with Crippen LogP contribution in [0.15, 0.2) is 12.4 Å². The third kappa shape index (κ3) is 2.85. The molecule has 14 heavy (non-hydrogen) atoms. The third-order valence-corrected chi connectivity index (χ3v) is 1.98. The summed E-state index contributed by atoms with van der Waals surface area (Å²) in [6, 6.07) is -0.528. The number of aromatic nitrogens is 2. The molecule has 0 saturated carbocycles. The van der Waals surface area contributed by atoms with Crippen LogP contribution in [0.2, 0.25) is 0 Å². The first-order chi connectivity index (χ1) is 6.61. The van der Waals surface area contributed by atoms with Crippen molar-refractivity contribution >= 4 is 5.97 Å². The Hall–Kier alpha value is -1.36. The molecule has 78 valence electrons. The highest BCUT2D eigenvalue weighted by Gasteiger charge is 2.20. The monoisotopic (exact) mass is 197 g/mol. The third-order valence-electron chi connectivity index (χ3n) is 1.98. The lowest BCUT2D eigenvalue weighted by Gasteiger charge is -2.16. The molecule has 0 aliphatic carbocycles. The minimum absolute atomic E-state index is 0.0578.